The number of nitrogens with zero attached hydrogens (tertiary/aromatic N) is 1. The van der Waals surface area contributed by atoms with Crippen molar-refractivity contribution in [2.24, 2.45) is 5.73 Å². The third kappa shape index (κ3) is 1.98. The molecule has 0 aromatic heterocycles. The van der Waals surface area contributed by atoms with Gasteiger partial charge < -0.3 is 16.0 Å². The lowest BCUT2D eigenvalue weighted by atomic mass is 10.1. The van der Waals surface area contributed by atoms with Gasteiger partial charge in [0.05, 0.1) is 11.9 Å². The van der Waals surface area contributed by atoms with Crippen LogP contribution in [-0.2, 0) is 4.79 Å². The average molecular weight is 201 g/mol. The van der Waals surface area contributed by atoms with E-state index in [1.807, 2.05) is 16.7 Å². The third-order valence-corrected chi connectivity index (χ3v) is 3.49. The van der Waals surface area contributed by atoms with E-state index in [0.29, 0.717) is 0 Å². The van der Waals surface area contributed by atoms with E-state index in [9.17, 15) is 4.79 Å². The number of rotatable bonds is 1. The van der Waals surface area contributed by atoms with Crippen LogP contribution in [0.4, 0.5) is 0 Å². The summed E-state index contributed by atoms with van der Waals surface area (Å²) < 4.78 is 0. The Morgan fingerprint density at radius 2 is 2.46 bits per heavy atom. The van der Waals surface area contributed by atoms with Crippen molar-refractivity contribution in [1.82, 2.24) is 10.2 Å². The molecule has 0 spiro atoms. The Kier molecular flexibility index (Phi) is 2.76. The standard InChI is InChI=1S/C8H15N3OS/c9-6-3-7(10-4-6)8(12)11-1-2-13-5-11/h6-7,10H,1-5,9H2/t6-,7-/m0/s1. The first kappa shape index (κ1) is 9.30. The molecule has 13 heavy (non-hydrogen) atoms. The minimum absolute atomic E-state index is 0.0197. The number of thioether (sulfide) groups is 1. The summed E-state index contributed by atoms with van der Waals surface area (Å²) in [6, 6.07) is 0.137. The van der Waals surface area contributed by atoms with Gasteiger partial charge in [-0.05, 0) is 6.42 Å². The van der Waals surface area contributed by atoms with Crippen LogP contribution >= 0.6 is 11.8 Å². The Bertz CT molecular complexity index is 206. The predicted octanol–water partition coefficient (Wildman–Crippen LogP) is -0.791. The number of hydrogen-bond acceptors (Lipinski definition) is 4. The minimum atomic E-state index is -0.0197. The van der Waals surface area contributed by atoms with Crippen molar-refractivity contribution in [3.8, 4) is 0 Å². The SMILES string of the molecule is N[C@@H]1CN[C@H](C(=O)N2CCSC2)C1. The van der Waals surface area contributed by atoms with E-state index in [2.05, 4.69) is 5.32 Å². The van der Waals surface area contributed by atoms with E-state index < -0.39 is 0 Å². The van der Waals surface area contributed by atoms with Gasteiger partial charge in [-0.2, -0.15) is 0 Å². The Labute approximate surface area is 82.2 Å². The van der Waals surface area contributed by atoms with Crippen LogP contribution in [-0.4, -0.2) is 47.6 Å². The van der Waals surface area contributed by atoms with Crippen LogP contribution in [0.5, 0.6) is 0 Å². The zero-order chi connectivity index (χ0) is 9.26. The van der Waals surface area contributed by atoms with E-state index in [4.69, 9.17) is 5.73 Å². The molecule has 2 rings (SSSR count). The molecule has 3 N–H and O–H groups in total. The van der Waals surface area contributed by atoms with Gasteiger partial charge in [0, 0.05) is 24.9 Å². The first-order valence-corrected chi connectivity index (χ1v) is 5.78. The van der Waals surface area contributed by atoms with Crippen LogP contribution < -0.4 is 11.1 Å². The number of amides is 1. The number of carbonyl (C=O) groups excluding carboxylic acids is 1. The number of nitrogens with two attached hydrogens (primary N) is 1. The van der Waals surface area contributed by atoms with Crippen molar-refractivity contribution in [2.45, 2.75) is 18.5 Å². The van der Waals surface area contributed by atoms with Crippen molar-refractivity contribution < 1.29 is 4.79 Å². The quantitative estimate of drug-likeness (QED) is 0.583. The maximum atomic E-state index is 11.8. The molecule has 2 atom stereocenters. The van der Waals surface area contributed by atoms with Gasteiger partial charge in [0.2, 0.25) is 5.91 Å². The summed E-state index contributed by atoms with van der Waals surface area (Å²) in [7, 11) is 0. The molecule has 74 valence electrons. The molecule has 0 saturated carbocycles. The fourth-order valence-electron chi connectivity index (χ4n) is 1.76. The fraction of sp³-hybridized carbons (Fsp3) is 0.875. The highest BCUT2D eigenvalue weighted by atomic mass is 32.2. The van der Waals surface area contributed by atoms with Crippen LogP contribution in [0.2, 0.25) is 0 Å². The third-order valence-electron chi connectivity index (χ3n) is 2.53. The minimum Gasteiger partial charge on any atom is -0.331 e. The molecule has 5 heteroatoms. The first-order chi connectivity index (χ1) is 6.27. The van der Waals surface area contributed by atoms with Crippen molar-refractivity contribution in [2.75, 3.05) is 24.7 Å². The van der Waals surface area contributed by atoms with Gasteiger partial charge in [0.1, 0.15) is 0 Å². The molecule has 2 aliphatic rings. The molecule has 1 amide bonds. The van der Waals surface area contributed by atoms with E-state index in [1.165, 1.54) is 0 Å². The van der Waals surface area contributed by atoms with Crippen molar-refractivity contribution in [1.29, 1.82) is 0 Å². The largest absolute Gasteiger partial charge is 0.331 e. The van der Waals surface area contributed by atoms with Crippen LogP contribution in [0.15, 0.2) is 0 Å². The molecular weight excluding hydrogens is 186 g/mol. The number of hydrogen-bond donors (Lipinski definition) is 2. The summed E-state index contributed by atoms with van der Waals surface area (Å²) in [4.78, 5) is 13.7. The van der Waals surface area contributed by atoms with Crippen LogP contribution in [0, 0.1) is 0 Å². The van der Waals surface area contributed by atoms with Gasteiger partial charge in [0.15, 0.2) is 0 Å². The maximum Gasteiger partial charge on any atom is 0.240 e. The van der Waals surface area contributed by atoms with Gasteiger partial charge >= 0.3 is 0 Å². The predicted molar refractivity (Wildman–Crippen MR) is 53.4 cm³/mol. The first-order valence-electron chi connectivity index (χ1n) is 4.63. The second kappa shape index (κ2) is 3.86. The van der Waals surface area contributed by atoms with E-state index in [1.54, 1.807) is 0 Å². The molecule has 2 saturated heterocycles. The summed E-state index contributed by atoms with van der Waals surface area (Å²) in [6.07, 6.45) is 0.792. The second-order valence-electron chi connectivity index (χ2n) is 3.60. The van der Waals surface area contributed by atoms with E-state index in [-0.39, 0.29) is 18.0 Å². The summed E-state index contributed by atoms with van der Waals surface area (Å²) in [6.45, 7) is 1.67. The molecule has 2 aliphatic heterocycles. The number of nitrogens with one attached hydrogen (secondary N) is 1. The molecular formula is C8H15N3OS. The van der Waals surface area contributed by atoms with Gasteiger partial charge in [-0.3, -0.25) is 4.79 Å². The Balaban J connectivity index is 1.89. The molecule has 0 radical (unpaired) electrons. The van der Waals surface area contributed by atoms with Crippen LogP contribution in [0.3, 0.4) is 0 Å². The monoisotopic (exact) mass is 201 g/mol. The highest BCUT2D eigenvalue weighted by Crippen LogP contribution is 2.16. The van der Waals surface area contributed by atoms with E-state index in [0.717, 1.165) is 31.1 Å². The number of carbonyl (C=O) groups is 1. The van der Waals surface area contributed by atoms with Gasteiger partial charge in [-0.15, -0.1) is 11.8 Å². The molecule has 2 fully saturated rings. The summed E-state index contributed by atoms with van der Waals surface area (Å²) in [5, 5.41) is 3.16. The molecule has 0 unspecified atom stereocenters. The zero-order valence-electron chi connectivity index (χ0n) is 7.53. The lowest BCUT2D eigenvalue weighted by molar-refractivity contribution is -0.131. The average Bonchev–Trinajstić information content (AvgIpc) is 2.72. The fourth-order valence-corrected chi connectivity index (χ4v) is 2.71. The normalized spacial score (nSPS) is 34.1. The van der Waals surface area contributed by atoms with Crippen molar-refractivity contribution in [3.05, 3.63) is 0 Å². The summed E-state index contributed by atoms with van der Waals surface area (Å²) in [5.74, 6) is 2.16. The molecule has 0 aromatic carbocycles. The highest BCUT2D eigenvalue weighted by molar-refractivity contribution is 7.99. The lowest BCUT2D eigenvalue weighted by Crippen LogP contribution is -2.42. The highest BCUT2D eigenvalue weighted by Gasteiger charge is 2.31. The van der Waals surface area contributed by atoms with Gasteiger partial charge in [-0.1, -0.05) is 0 Å². The van der Waals surface area contributed by atoms with Gasteiger partial charge in [0.25, 0.3) is 0 Å². The summed E-state index contributed by atoms with van der Waals surface area (Å²) in [5.41, 5.74) is 5.72. The molecule has 2 heterocycles. The van der Waals surface area contributed by atoms with E-state index >= 15 is 0 Å². The topological polar surface area (TPSA) is 58.4 Å². The molecule has 0 aromatic rings. The Morgan fingerprint density at radius 3 is 3.00 bits per heavy atom. The van der Waals surface area contributed by atoms with Crippen LogP contribution in [0.25, 0.3) is 0 Å². The zero-order valence-corrected chi connectivity index (χ0v) is 8.35. The molecule has 0 bridgehead atoms. The maximum absolute atomic E-state index is 11.8. The Morgan fingerprint density at radius 1 is 1.62 bits per heavy atom. The van der Waals surface area contributed by atoms with Crippen molar-refractivity contribution in [3.63, 3.8) is 0 Å². The molecule has 4 nitrogen and oxygen atoms in total. The van der Waals surface area contributed by atoms with Gasteiger partial charge in [-0.25, -0.2) is 0 Å². The Hall–Kier alpha value is -0.260. The lowest BCUT2D eigenvalue weighted by Gasteiger charge is -2.18. The summed E-state index contributed by atoms with van der Waals surface area (Å²) >= 11 is 1.82. The van der Waals surface area contributed by atoms with Crippen molar-refractivity contribution >= 4 is 17.7 Å². The smallest absolute Gasteiger partial charge is 0.240 e. The second-order valence-corrected chi connectivity index (χ2v) is 4.67. The molecule has 0 aliphatic carbocycles. The van der Waals surface area contributed by atoms with Crippen LogP contribution in [0.1, 0.15) is 6.42 Å².